The zero-order valence-corrected chi connectivity index (χ0v) is 8.34. The fourth-order valence-electron chi connectivity index (χ4n) is 1.19. The highest BCUT2D eigenvalue weighted by atomic mass is 16.4. The summed E-state index contributed by atoms with van der Waals surface area (Å²) in [6.07, 6.45) is 1.50. The molecule has 0 spiro atoms. The summed E-state index contributed by atoms with van der Waals surface area (Å²) in [5, 5.41) is 17.2. The Kier molecular flexibility index (Phi) is 3.63. The number of hydrogen-bond donors (Lipinski definition) is 1. The molecule has 1 aromatic heterocycles. The predicted octanol–water partition coefficient (Wildman–Crippen LogP) is 0.864. The molecule has 1 rings (SSSR count). The highest BCUT2D eigenvalue weighted by Gasteiger charge is 2.08. The van der Waals surface area contributed by atoms with Crippen LogP contribution in [-0.4, -0.2) is 29.1 Å². The Morgan fingerprint density at radius 3 is 2.80 bits per heavy atom. The van der Waals surface area contributed by atoms with Crippen molar-refractivity contribution in [3.05, 3.63) is 24.0 Å². The lowest BCUT2D eigenvalue weighted by Crippen LogP contribution is -2.29. The van der Waals surface area contributed by atoms with Crippen LogP contribution in [0.4, 0.5) is 5.69 Å². The van der Waals surface area contributed by atoms with Crippen molar-refractivity contribution in [3.63, 3.8) is 0 Å². The first-order chi connectivity index (χ1) is 7.17. The molecule has 0 fully saturated rings. The quantitative estimate of drug-likeness (QED) is 0.788. The molecule has 78 valence electrons. The van der Waals surface area contributed by atoms with Crippen molar-refractivity contribution in [2.45, 2.75) is 6.92 Å². The van der Waals surface area contributed by atoms with Gasteiger partial charge in [0.15, 0.2) is 0 Å². The Labute approximate surface area is 87.6 Å². The molecule has 0 radical (unpaired) electrons. The van der Waals surface area contributed by atoms with Crippen molar-refractivity contribution in [2.75, 3.05) is 18.0 Å². The average Bonchev–Trinajstić information content (AvgIpc) is 2.26. The summed E-state index contributed by atoms with van der Waals surface area (Å²) in [6, 6.07) is 5.17. The van der Waals surface area contributed by atoms with E-state index in [0.717, 1.165) is 0 Å². The third-order valence-electron chi connectivity index (χ3n) is 1.94. The van der Waals surface area contributed by atoms with E-state index < -0.39 is 5.97 Å². The van der Waals surface area contributed by atoms with Crippen LogP contribution in [0.25, 0.3) is 0 Å². The number of rotatable bonds is 4. The molecule has 0 amide bonds. The molecule has 1 heterocycles. The monoisotopic (exact) mass is 205 g/mol. The first-order valence-corrected chi connectivity index (χ1v) is 4.50. The van der Waals surface area contributed by atoms with Gasteiger partial charge in [0, 0.05) is 6.54 Å². The average molecular weight is 205 g/mol. The Hall–Kier alpha value is -2.09. The fraction of sp³-hybridized carbons (Fsp3) is 0.300. The number of hydrogen-bond acceptors (Lipinski definition) is 4. The summed E-state index contributed by atoms with van der Waals surface area (Å²) in [6.45, 7) is 2.38. The fourth-order valence-corrected chi connectivity index (χ4v) is 1.19. The molecule has 0 atom stereocenters. The number of nitriles is 1. The molecule has 0 saturated heterocycles. The molecular formula is C10H11N3O2. The lowest BCUT2D eigenvalue weighted by molar-refractivity contribution is -0.135. The van der Waals surface area contributed by atoms with Crippen LogP contribution in [0.3, 0.4) is 0 Å². The maximum atomic E-state index is 10.6. The molecule has 5 nitrogen and oxygen atoms in total. The van der Waals surface area contributed by atoms with E-state index in [0.29, 0.717) is 17.9 Å². The van der Waals surface area contributed by atoms with Crippen LogP contribution in [0, 0.1) is 11.3 Å². The second-order valence-electron chi connectivity index (χ2n) is 2.92. The van der Waals surface area contributed by atoms with Crippen LogP contribution >= 0.6 is 0 Å². The van der Waals surface area contributed by atoms with Crippen LogP contribution < -0.4 is 4.90 Å². The zero-order valence-electron chi connectivity index (χ0n) is 8.34. The number of aliphatic carboxylic acids is 1. The van der Waals surface area contributed by atoms with Crippen molar-refractivity contribution in [1.29, 1.82) is 5.26 Å². The van der Waals surface area contributed by atoms with Gasteiger partial charge in [0.1, 0.15) is 18.3 Å². The SMILES string of the molecule is CCN(CC(=O)O)c1ccc(C#N)nc1. The van der Waals surface area contributed by atoms with Gasteiger partial charge in [0.2, 0.25) is 0 Å². The van der Waals surface area contributed by atoms with E-state index >= 15 is 0 Å². The summed E-state index contributed by atoms with van der Waals surface area (Å²) in [5.41, 5.74) is 1.03. The van der Waals surface area contributed by atoms with Gasteiger partial charge in [-0.1, -0.05) is 0 Å². The van der Waals surface area contributed by atoms with E-state index in [2.05, 4.69) is 4.98 Å². The minimum absolute atomic E-state index is 0.0654. The molecule has 1 aromatic rings. The number of pyridine rings is 1. The highest BCUT2D eigenvalue weighted by Crippen LogP contribution is 2.11. The number of likely N-dealkylation sites (N-methyl/N-ethyl adjacent to an activating group) is 1. The topological polar surface area (TPSA) is 77.2 Å². The summed E-state index contributed by atoms with van der Waals surface area (Å²) in [7, 11) is 0. The van der Waals surface area contributed by atoms with Crippen LogP contribution in [-0.2, 0) is 4.79 Å². The second kappa shape index (κ2) is 4.96. The molecule has 0 bridgehead atoms. The Morgan fingerprint density at radius 1 is 1.67 bits per heavy atom. The smallest absolute Gasteiger partial charge is 0.323 e. The van der Waals surface area contributed by atoms with E-state index in [9.17, 15) is 4.79 Å². The van der Waals surface area contributed by atoms with E-state index in [4.69, 9.17) is 10.4 Å². The number of anilines is 1. The standard InChI is InChI=1S/C10H11N3O2/c1-2-13(7-10(14)15)9-4-3-8(5-11)12-6-9/h3-4,6H,2,7H2,1H3,(H,14,15). The number of aromatic nitrogens is 1. The summed E-state index contributed by atoms with van der Waals surface area (Å²) in [5.74, 6) is -0.888. The number of carboxylic acid groups (broad SMARTS) is 1. The summed E-state index contributed by atoms with van der Waals surface area (Å²) in [4.78, 5) is 16.1. The number of carbonyl (C=O) groups is 1. The molecule has 15 heavy (non-hydrogen) atoms. The van der Waals surface area contributed by atoms with E-state index in [1.807, 2.05) is 13.0 Å². The van der Waals surface area contributed by atoms with Gasteiger partial charge in [0.25, 0.3) is 0 Å². The molecule has 5 heteroatoms. The molecule has 0 aromatic carbocycles. The Balaban J connectivity index is 2.84. The lowest BCUT2D eigenvalue weighted by Gasteiger charge is -2.19. The Morgan fingerprint density at radius 2 is 2.40 bits per heavy atom. The van der Waals surface area contributed by atoms with E-state index in [1.165, 1.54) is 6.20 Å². The van der Waals surface area contributed by atoms with Gasteiger partial charge in [-0.25, -0.2) is 4.98 Å². The van der Waals surface area contributed by atoms with Crippen LogP contribution in [0.5, 0.6) is 0 Å². The van der Waals surface area contributed by atoms with Crippen molar-refractivity contribution in [2.24, 2.45) is 0 Å². The van der Waals surface area contributed by atoms with Crippen LogP contribution in [0.15, 0.2) is 18.3 Å². The predicted molar refractivity (Wildman–Crippen MR) is 54.5 cm³/mol. The van der Waals surface area contributed by atoms with Gasteiger partial charge in [-0.2, -0.15) is 5.26 Å². The normalized spacial score (nSPS) is 9.33. The molecule has 0 aliphatic heterocycles. The second-order valence-corrected chi connectivity index (χ2v) is 2.92. The van der Waals surface area contributed by atoms with Crippen molar-refractivity contribution < 1.29 is 9.90 Å². The maximum Gasteiger partial charge on any atom is 0.323 e. The van der Waals surface area contributed by atoms with Gasteiger partial charge in [-0.3, -0.25) is 4.79 Å². The molecule has 0 aliphatic rings. The molecule has 0 saturated carbocycles. The highest BCUT2D eigenvalue weighted by molar-refractivity contribution is 5.73. The first-order valence-electron chi connectivity index (χ1n) is 4.50. The third-order valence-corrected chi connectivity index (χ3v) is 1.94. The maximum absolute atomic E-state index is 10.6. The lowest BCUT2D eigenvalue weighted by atomic mass is 10.3. The van der Waals surface area contributed by atoms with Gasteiger partial charge in [-0.15, -0.1) is 0 Å². The number of nitrogens with zero attached hydrogens (tertiary/aromatic N) is 3. The van der Waals surface area contributed by atoms with E-state index in [-0.39, 0.29) is 6.54 Å². The zero-order chi connectivity index (χ0) is 11.3. The van der Waals surface area contributed by atoms with Gasteiger partial charge >= 0.3 is 5.97 Å². The van der Waals surface area contributed by atoms with Gasteiger partial charge in [-0.05, 0) is 19.1 Å². The van der Waals surface area contributed by atoms with E-state index in [1.54, 1.807) is 17.0 Å². The molecular weight excluding hydrogens is 194 g/mol. The van der Waals surface area contributed by atoms with Crippen LogP contribution in [0.1, 0.15) is 12.6 Å². The van der Waals surface area contributed by atoms with Crippen molar-refractivity contribution >= 4 is 11.7 Å². The molecule has 1 N–H and O–H groups in total. The summed E-state index contributed by atoms with van der Waals surface area (Å²) < 4.78 is 0. The van der Waals surface area contributed by atoms with Crippen molar-refractivity contribution in [3.8, 4) is 6.07 Å². The Bertz CT molecular complexity index is 381. The first kappa shape index (κ1) is 11.0. The molecule has 0 aliphatic carbocycles. The summed E-state index contributed by atoms with van der Waals surface area (Å²) >= 11 is 0. The van der Waals surface area contributed by atoms with Gasteiger partial charge in [0.05, 0.1) is 11.9 Å². The minimum Gasteiger partial charge on any atom is -0.480 e. The number of carboxylic acids is 1. The largest absolute Gasteiger partial charge is 0.480 e. The van der Waals surface area contributed by atoms with Gasteiger partial charge < -0.3 is 10.0 Å². The van der Waals surface area contributed by atoms with Crippen LogP contribution in [0.2, 0.25) is 0 Å². The molecule has 0 unspecified atom stereocenters. The van der Waals surface area contributed by atoms with Crippen molar-refractivity contribution in [1.82, 2.24) is 4.98 Å². The minimum atomic E-state index is -0.888. The third kappa shape index (κ3) is 2.95.